The van der Waals surface area contributed by atoms with E-state index in [1.807, 2.05) is 25.1 Å². The lowest BCUT2D eigenvalue weighted by Gasteiger charge is -2.12. The number of nitrogens with two attached hydrogens (primary N) is 2. The topological polar surface area (TPSA) is 52.0 Å². The highest BCUT2D eigenvalue weighted by Crippen LogP contribution is 2.24. The lowest BCUT2D eigenvalue weighted by atomic mass is 10.1. The molecule has 4 N–H and O–H groups in total. The Kier molecular flexibility index (Phi) is 3.26. The summed E-state index contributed by atoms with van der Waals surface area (Å²) in [6.07, 6.45) is 0. The Labute approximate surface area is 81.1 Å². The highest BCUT2D eigenvalue weighted by atomic mass is 79.9. The minimum Gasteiger partial charge on any atom is -0.329 e. The summed E-state index contributed by atoms with van der Waals surface area (Å²) in [5.41, 5.74) is 13.6. The quantitative estimate of drug-likeness (QED) is 0.811. The molecule has 1 aromatic carbocycles. The number of hydrogen-bond donors (Lipinski definition) is 2. The molecule has 0 saturated carbocycles. The molecule has 2 nitrogen and oxygen atoms in total. The van der Waals surface area contributed by atoms with E-state index in [0.29, 0.717) is 6.54 Å². The molecule has 3 heteroatoms. The van der Waals surface area contributed by atoms with Crippen molar-refractivity contribution in [2.45, 2.75) is 13.0 Å². The predicted molar refractivity (Wildman–Crippen MR) is 54.9 cm³/mol. The molecule has 0 aliphatic carbocycles. The molecule has 1 rings (SSSR count). The molecular formula is C9H13BrN2. The Bertz CT molecular complexity index is 273. The van der Waals surface area contributed by atoms with Gasteiger partial charge in [0.2, 0.25) is 0 Å². The van der Waals surface area contributed by atoms with Gasteiger partial charge in [0.1, 0.15) is 0 Å². The third kappa shape index (κ3) is 1.86. The van der Waals surface area contributed by atoms with E-state index in [-0.39, 0.29) is 6.04 Å². The van der Waals surface area contributed by atoms with Crippen LogP contribution >= 0.6 is 15.9 Å². The van der Waals surface area contributed by atoms with Crippen LogP contribution in [0.3, 0.4) is 0 Å². The summed E-state index contributed by atoms with van der Waals surface area (Å²) >= 11 is 3.49. The van der Waals surface area contributed by atoms with Crippen LogP contribution in [0.2, 0.25) is 0 Å². The zero-order valence-corrected chi connectivity index (χ0v) is 8.64. The highest BCUT2D eigenvalue weighted by Gasteiger charge is 2.08. The average molecular weight is 229 g/mol. The summed E-state index contributed by atoms with van der Waals surface area (Å²) in [4.78, 5) is 0. The molecule has 0 unspecified atom stereocenters. The van der Waals surface area contributed by atoms with Crippen LogP contribution < -0.4 is 11.5 Å². The van der Waals surface area contributed by atoms with E-state index < -0.39 is 0 Å². The average Bonchev–Trinajstić information content (AvgIpc) is 2.08. The van der Waals surface area contributed by atoms with Gasteiger partial charge in [0.25, 0.3) is 0 Å². The van der Waals surface area contributed by atoms with Gasteiger partial charge in [-0.3, -0.25) is 0 Å². The largest absolute Gasteiger partial charge is 0.329 e. The monoisotopic (exact) mass is 228 g/mol. The second kappa shape index (κ2) is 4.03. The first kappa shape index (κ1) is 9.71. The van der Waals surface area contributed by atoms with Gasteiger partial charge in [0, 0.05) is 17.1 Å². The Balaban J connectivity index is 3.07. The SMILES string of the molecule is Cc1cccc([C@@H](N)CN)c1Br. The van der Waals surface area contributed by atoms with Gasteiger partial charge in [-0.05, 0) is 18.1 Å². The summed E-state index contributed by atoms with van der Waals surface area (Å²) in [5.74, 6) is 0. The summed E-state index contributed by atoms with van der Waals surface area (Å²) < 4.78 is 1.07. The minimum absolute atomic E-state index is 0.0701. The van der Waals surface area contributed by atoms with Crippen LogP contribution in [-0.2, 0) is 0 Å². The molecule has 0 spiro atoms. The van der Waals surface area contributed by atoms with Crippen LogP contribution in [0, 0.1) is 6.92 Å². The van der Waals surface area contributed by atoms with Crippen LogP contribution in [0.1, 0.15) is 17.2 Å². The molecule has 0 amide bonds. The van der Waals surface area contributed by atoms with Gasteiger partial charge in [-0.25, -0.2) is 0 Å². The van der Waals surface area contributed by atoms with Crippen LogP contribution in [0.15, 0.2) is 22.7 Å². The molecule has 1 atom stereocenters. The lowest BCUT2D eigenvalue weighted by Crippen LogP contribution is -2.21. The number of halogens is 1. The molecule has 0 aromatic heterocycles. The molecule has 0 aliphatic rings. The maximum absolute atomic E-state index is 5.81. The van der Waals surface area contributed by atoms with E-state index in [4.69, 9.17) is 11.5 Å². The fourth-order valence-electron chi connectivity index (χ4n) is 1.08. The first-order valence-corrected chi connectivity index (χ1v) is 4.66. The van der Waals surface area contributed by atoms with Gasteiger partial charge >= 0.3 is 0 Å². The normalized spacial score (nSPS) is 13.0. The zero-order valence-electron chi connectivity index (χ0n) is 7.05. The van der Waals surface area contributed by atoms with Gasteiger partial charge in [-0.1, -0.05) is 34.1 Å². The molecule has 1 aromatic rings. The van der Waals surface area contributed by atoms with Crippen molar-refractivity contribution in [2.75, 3.05) is 6.54 Å². The maximum atomic E-state index is 5.81. The third-order valence-corrected chi connectivity index (χ3v) is 2.96. The lowest BCUT2D eigenvalue weighted by molar-refractivity contribution is 0.732. The van der Waals surface area contributed by atoms with E-state index in [1.54, 1.807) is 0 Å². The molecular weight excluding hydrogens is 216 g/mol. The van der Waals surface area contributed by atoms with Crippen molar-refractivity contribution in [2.24, 2.45) is 11.5 Å². The standard InChI is InChI=1S/C9H13BrN2/c1-6-3-2-4-7(9(6)10)8(12)5-11/h2-4,8H,5,11-12H2,1H3/t8-/m0/s1. The minimum atomic E-state index is -0.0701. The first-order valence-electron chi connectivity index (χ1n) is 3.87. The fourth-order valence-corrected chi connectivity index (χ4v) is 1.64. The highest BCUT2D eigenvalue weighted by molar-refractivity contribution is 9.10. The van der Waals surface area contributed by atoms with Gasteiger partial charge in [-0.2, -0.15) is 0 Å². The van der Waals surface area contributed by atoms with E-state index in [9.17, 15) is 0 Å². The first-order chi connectivity index (χ1) is 5.66. The van der Waals surface area contributed by atoms with Crippen molar-refractivity contribution < 1.29 is 0 Å². The Morgan fingerprint density at radius 3 is 2.75 bits per heavy atom. The van der Waals surface area contributed by atoms with Crippen LogP contribution in [0.25, 0.3) is 0 Å². The van der Waals surface area contributed by atoms with Gasteiger partial charge in [-0.15, -0.1) is 0 Å². The second-order valence-electron chi connectivity index (χ2n) is 2.82. The van der Waals surface area contributed by atoms with E-state index in [0.717, 1.165) is 10.0 Å². The predicted octanol–water partition coefficient (Wildman–Crippen LogP) is 1.72. The molecule has 0 fully saturated rings. The van der Waals surface area contributed by atoms with Crippen molar-refractivity contribution in [1.82, 2.24) is 0 Å². The van der Waals surface area contributed by atoms with Crippen LogP contribution in [-0.4, -0.2) is 6.54 Å². The summed E-state index contributed by atoms with van der Waals surface area (Å²) in [7, 11) is 0. The number of rotatable bonds is 2. The molecule has 0 heterocycles. The summed E-state index contributed by atoms with van der Waals surface area (Å²) in [5, 5.41) is 0. The van der Waals surface area contributed by atoms with Crippen molar-refractivity contribution in [3.63, 3.8) is 0 Å². The third-order valence-electron chi connectivity index (χ3n) is 1.88. The molecule has 0 saturated heterocycles. The van der Waals surface area contributed by atoms with Gasteiger partial charge < -0.3 is 11.5 Å². The molecule has 12 heavy (non-hydrogen) atoms. The number of hydrogen-bond acceptors (Lipinski definition) is 2. The zero-order chi connectivity index (χ0) is 9.14. The molecule has 0 radical (unpaired) electrons. The van der Waals surface area contributed by atoms with Crippen molar-refractivity contribution in [3.8, 4) is 0 Å². The molecule has 66 valence electrons. The summed E-state index contributed by atoms with van der Waals surface area (Å²) in [6, 6.07) is 5.95. The fraction of sp³-hybridized carbons (Fsp3) is 0.333. The van der Waals surface area contributed by atoms with Crippen molar-refractivity contribution in [1.29, 1.82) is 0 Å². The van der Waals surface area contributed by atoms with E-state index >= 15 is 0 Å². The number of aryl methyl sites for hydroxylation is 1. The smallest absolute Gasteiger partial charge is 0.0430 e. The van der Waals surface area contributed by atoms with Gasteiger partial charge in [0.15, 0.2) is 0 Å². The van der Waals surface area contributed by atoms with E-state index in [1.165, 1.54) is 5.56 Å². The molecule has 0 aliphatic heterocycles. The van der Waals surface area contributed by atoms with Crippen LogP contribution in [0.4, 0.5) is 0 Å². The Morgan fingerprint density at radius 2 is 2.17 bits per heavy atom. The van der Waals surface area contributed by atoms with E-state index in [2.05, 4.69) is 15.9 Å². The van der Waals surface area contributed by atoms with Gasteiger partial charge in [0.05, 0.1) is 0 Å². The maximum Gasteiger partial charge on any atom is 0.0430 e. The Hall–Kier alpha value is -0.380. The van der Waals surface area contributed by atoms with Crippen molar-refractivity contribution in [3.05, 3.63) is 33.8 Å². The van der Waals surface area contributed by atoms with Crippen molar-refractivity contribution >= 4 is 15.9 Å². The van der Waals surface area contributed by atoms with Crippen LogP contribution in [0.5, 0.6) is 0 Å². The summed E-state index contributed by atoms with van der Waals surface area (Å²) in [6.45, 7) is 2.51. The Morgan fingerprint density at radius 1 is 1.50 bits per heavy atom. The molecule has 0 bridgehead atoms. The second-order valence-corrected chi connectivity index (χ2v) is 3.61. The number of benzene rings is 1.